The van der Waals surface area contributed by atoms with Crippen LogP contribution in [0, 0.1) is 0 Å². The fourth-order valence-electron chi connectivity index (χ4n) is 7.07. The lowest BCUT2D eigenvalue weighted by atomic mass is 10.1. The van der Waals surface area contributed by atoms with E-state index in [-0.39, 0.29) is 24.8 Å². The molecule has 0 aliphatic carbocycles. The Hall–Kier alpha value is -4.43. The Morgan fingerprint density at radius 2 is 1.63 bits per heavy atom. The second kappa shape index (κ2) is 16.1. The Labute approximate surface area is 327 Å². The molecule has 11 nitrogen and oxygen atoms in total. The second-order valence-electron chi connectivity index (χ2n) is 15.4. The highest BCUT2D eigenvalue weighted by Gasteiger charge is 2.51. The van der Waals surface area contributed by atoms with Gasteiger partial charge in [-0.1, -0.05) is 81.4 Å². The number of fused-ring (bicyclic) bond motifs is 1. The maximum absolute atomic E-state index is 14.0. The minimum atomic E-state index is -2.89. The number of aromatic nitrogens is 3. The van der Waals surface area contributed by atoms with Crippen molar-refractivity contribution in [1.29, 1.82) is 0 Å². The van der Waals surface area contributed by atoms with Crippen molar-refractivity contribution in [3.05, 3.63) is 107 Å². The van der Waals surface area contributed by atoms with Gasteiger partial charge in [0, 0.05) is 30.6 Å². The van der Waals surface area contributed by atoms with Crippen LogP contribution in [0.5, 0.6) is 11.5 Å². The minimum Gasteiger partial charge on any atom is -0.497 e. The van der Waals surface area contributed by atoms with Crippen LogP contribution in [-0.2, 0) is 20.4 Å². The first kappa shape index (κ1) is 39.3. The summed E-state index contributed by atoms with van der Waals surface area (Å²) in [5, 5.41) is 5.54. The third kappa shape index (κ3) is 8.14. The number of amides is 1. The fraction of sp³-hybridized carbons (Fsp3) is 0.390. The maximum Gasteiger partial charge on any atom is 0.410 e. The quantitative estimate of drug-likeness (QED) is 0.137. The van der Waals surface area contributed by atoms with Crippen LogP contribution < -0.4 is 25.2 Å². The molecule has 0 spiro atoms. The highest BCUT2D eigenvalue weighted by Crippen LogP contribution is 2.38. The number of nitrogens with one attached hydrogen (secondary N) is 1. The van der Waals surface area contributed by atoms with E-state index in [1.165, 1.54) is 10.4 Å². The van der Waals surface area contributed by atoms with Crippen molar-refractivity contribution < 1.29 is 28.2 Å². The molecule has 0 saturated carbocycles. The summed E-state index contributed by atoms with van der Waals surface area (Å²) in [6, 6.07) is 26.3. The van der Waals surface area contributed by atoms with Crippen LogP contribution in [0.4, 0.5) is 10.6 Å². The normalized spacial score (nSPS) is 16.6. The minimum absolute atomic E-state index is 0.212. The molecule has 0 radical (unpaired) electrons. The summed E-state index contributed by atoms with van der Waals surface area (Å²) in [7, 11) is 0.364. The molecule has 1 N–H and O–H groups in total. The summed E-state index contributed by atoms with van der Waals surface area (Å²) in [5.41, 5.74) is 0.980. The van der Waals surface area contributed by atoms with Crippen LogP contribution in [0.25, 0.3) is 5.52 Å². The summed E-state index contributed by atoms with van der Waals surface area (Å²) in [4.78, 5) is 25.3. The molecule has 0 bridgehead atoms. The molecule has 13 heteroatoms. The number of morpholine rings is 1. The summed E-state index contributed by atoms with van der Waals surface area (Å²) in [6.07, 6.45) is 2.58. The van der Waals surface area contributed by atoms with Crippen molar-refractivity contribution in [3.63, 3.8) is 0 Å². The Bertz CT molecular complexity index is 2010. The molecule has 0 unspecified atom stereocenters. The van der Waals surface area contributed by atoms with E-state index in [1.54, 1.807) is 25.3 Å². The van der Waals surface area contributed by atoms with Crippen LogP contribution in [0.1, 0.15) is 59.0 Å². The SMILES string of the molecule is COc1ccc(CNc2nccn3c([C@@H]4CN(C(=O)OC(C)(C)C)[C@H](CO[Si](c5ccccc5)(c5ccccc5)C(C)(C)C)CO4)nc(Br)c23)c(OC)c1. The van der Waals surface area contributed by atoms with E-state index in [4.69, 9.17) is 28.4 Å². The first-order valence-electron chi connectivity index (χ1n) is 18.1. The van der Waals surface area contributed by atoms with Gasteiger partial charge in [0.05, 0.1) is 40.0 Å². The Morgan fingerprint density at radius 1 is 0.963 bits per heavy atom. The first-order valence-corrected chi connectivity index (χ1v) is 20.8. The molecule has 2 aromatic heterocycles. The van der Waals surface area contributed by atoms with Crippen molar-refractivity contribution in [2.75, 3.05) is 39.3 Å². The average molecular weight is 817 g/mol. The van der Waals surface area contributed by atoms with Gasteiger partial charge in [-0.2, -0.15) is 0 Å². The molecule has 1 amide bonds. The molecule has 54 heavy (non-hydrogen) atoms. The topological polar surface area (TPSA) is 109 Å². The van der Waals surface area contributed by atoms with Crippen molar-refractivity contribution in [2.45, 2.75) is 70.9 Å². The number of imidazole rings is 1. The number of rotatable bonds is 11. The molecule has 1 fully saturated rings. The molecule has 3 heterocycles. The summed E-state index contributed by atoms with van der Waals surface area (Å²) < 4.78 is 33.4. The van der Waals surface area contributed by atoms with E-state index < -0.39 is 32.2 Å². The number of carbonyl (C=O) groups is 1. The summed E-state index contributed by atoms with van der Waals surface area (Å²) >= 11 is 3.68. The predicted molar refractivity (Wildman–Crippen MR) is 217 cm³/mol. The van der Waals surface area contributed by atoms with Gasteiger partial charge in [0.2, 0.25) is 0 Å². The van der Waals surface area contributed by atoms with Crippen molar-refractivity contribution in [1.82, 2.24) is 19.3 Å². The molecular weight excluding hydrogens is 766 g/mol. The predicted octanol–water partition coefficient (Wildman–Crippen LogP) is 7.37. The number of hydrogen-bond donors (Lipinski definition) is 1. The van der Waals surface area contributed by atoms with Crippen molar-refractivity contribution in [2.24, 2.45) is 0 Å². The number of ether oxygens (including phenoxy) is 4. The number of hydrogen-bond acceptors (Lipinski definition) is 9. The average Bonchev–Trinajstić information content (AvgIpc) is 3.50. The summed E-state index contributed by atoms with van der Waals surface area (Å²) in [5.74, 6) is 2.67. The van der Waals surface area contributed by atoms with E-state index in [2.05, 4.69) is 95.5 Å². The van der Waals surface area contributed by atoms with E-state index >= 15 is 0 Å². The van der Waals surface area contributed by atoms with Gasteiger partial charge in [0.25, 0.3) is 8.32 Å². The molecule has 3 aromatic carbocycles. The van der Waals surface area contributed by atoms with Crippen LogP contribution in [-0.4, -0.2) is 79.3 Å². The molecule has 5 aromatic rings. The Morgan fingerprint density at radius 3 is 2.22 bits per heavy atom. The van der Waals surface area contributed by atoms with Gasteiger partial charge in [-0.3, -0.25) is 9.30 Å². The Kier molecular flexibility index (Phi) is 11.7. The van der Waals surface area contributed by atoms with Crippen molar-refractivity contribution in [3.8, 4) is 11.5 Å². The van der Waals surface area contributed by atoms with Gasteiger partial charge >= 0.3 is 6.09 Å². The molecule has 1 aliphatic heterocycles. The largest absolute Gasteiger partial charge is 0.497 e. The smallest absolute Gasteiger partial charge is 0.410 e. The monoisotopic (exact) mass is 815 g/mol. The number of nitrogens with zero attached hydrogens (tertiary/aromatic N) is 4. The van der Waals surface area contributed by atoms with Gasteiger partial charge in [-0.25, -0.2) is 14.8 Å². The lowest BCUT2D eigenvalue weighted by Gasteiger charge is -2.45. The molecule has 6 rings (SSSR count). The van der Waals surface area contributed by atoms with Gasteiger partial charge in [-0.05, 0) is 64.2 Å². The molecular formula is C41H50BrN5O6Si. The van der Waals surface area contributed by atoms with Gasteiger partial charge < -0.3 is 28.7 Å². The van der Waals surface area contributed by atoms with Crippen molar-refractivity contribution >= 4 is 52.0 Å². The fourth-order valence-corrected chi connectivity index (χ4v) is 12.2. The van der Waals surface area contributed by atoms with Gasteiger partial charge in [-0.15, -0.1) is 0 Å². The van der Waals surface area contributed by atoms with Crippen LogP contribution in [0.15, 0.2) is 95.9 Å². The van der Waals surface area contributed by atoms with Crippen LogP contribution >= 0.6 is 15.9 Å². The van der Waals surface area contributed by atoms with Gasteiger partial charge in [0.1, 0.15) is 39.1 Å². The van der Waals surface area contributed by atoms with E-state index in [0.717, 1.165) is 11.1 Å². The van der Waals surface area contributed by atoms with E-state index in [1.807, 2.05) is 61.7 Å². The standard InChI is InChI=1S/C41H50BrN5O6Si/c1-40(2,3)53-39(48)47-25-34(38-45-36(42)35-37(43-21-22-46(35)38)44-24-28-19-20-30(49-7)23-33(28)50-8)51-26-29(47)27-52-54(41(4,5)6,31-15-11-9-12-16-31)32-17-13-10-14-18-32/h9-23,29,34H,24-27H2,1-8H3,(H,43,44)/t29-,34-/m0/s1. The highest BCUT2D eigenvalue weighted by molar-refractivity contribution is 9.10. The third-order valence-electron chi connectivity index (χ3n) is 9.60. The number of carbonyl (C=O) groups excluding carboxylic acids is 1. The zero-order valence-electron chi connectivity index (χ0n) is 32.3. The number of methoxy groups -OCH3 is 2. The van der Waals surface area contributed by atoms with Crippen LogP contribution in [0.2, 0.25) is 5.04 Å². The van der Waals surface area contributed by atoms with Gasteiger partial charge in [0.15, 0.2) is 5.82 Å². The maximum atomic E-state index is 14.0. The van der Waals surface area contributed by atoms with Crippen LogP contribution in [0.3, 0.4) is 0 Å². The zero-order chi connectivity index (χ0) is 38.7. The summed E-state index contributed by atoms with van der Waals surface area (Å²) in [6.45, 7) is 13.5. The highest BCUT2D eigenvalue weighted by atomic mass is 79.9. The molecule has 2 atom stereocenters. The zero-order valence-corrected chi connectivity index (χ0v) is 34.8. The molecule has 286 valence electrons. The number of anilines is 1. The van der Waals surface area contributed by atoms with E-state index in [0.29, 0.717) is 34.3 Å². The molecule has 1 aliphatic rings. The Balaban J connectivity index is 1.30. The lowest BCUT2D eigenvalue weighted by molar-refractivity contribution is -0.0830. The molecule has 1 saturated heterocycles. The lowest BCUT2D eigenvalue weighted by Crippen LogP contribution is -2.68. The third-order valence-corrected chi connectivity index (χ3v) is 15.2. The number of benzene rings is 3. The number of halogens is 1. The first-order chi connectivity index (χ1) is 25.8. The van der Waals surface area contributed by atoms with E-state index in [9.17, 15) is 4.79 Å². The second-order valence-corrected chi connectivity index (χ2v) is 20.4.